The van der Waals surface area contributed by atoms with Crippen molar-refractivity contribution in [2.45, 2.75) is 143 Å². The molecule has 0 aliphatic rings. The molecule has 0 heterocycles. The Morgan fingerprint density at radius 2 is 0.864 bits per heavy atom. The maximum Gasteiger partial charge on any atom is 0.347 e. The third kappa shape index (κ3) is 10.4. The van der Waals surface area contributed by atoms with Crippen molar-refractivity contribution in [3.05, 3.63) is 48.5 Å². The molecule has 44 heavy (non-hydrogen) atoms. The summed E-state index contributed by atoms with van der Waals surface area (Å²) in [5, 5.41) is 3.27. The number of hydrogen-bond donors (Lipinski definition) is 0. The fourth-order valence-electron chi connectivity index (χ4n) is 5.28. The highest BCUT2D eigenvalue weighted by atomic mass is 16.6. The molecule has 3 aromatic rings. The quantitative estimate of drug-likeness (QED) is 0.0918. The second kappa shape index (κ2) is 16.2. The van der Waals surface area contributed by atoms with Gasteiger partial charge in [-0.15, -0.1) is 0 Å². The van der Waals surface area contributed by atoms with Crippen LogP contribution in [-0.2, 0) is 19.1 Å². The molecule has 0 aliphatic heterocycles. The molecule has 0 aromatic heterocycles. The molecule has 0 saturated heterocycles. The summed E-state index contributed by atoms with van der Waals surface area (Å²) in [4.78, 5) is 26.8. The average Bonchev–Trinajstić information content (AvgIpc) is 2.95. The molecule has 0 fully saturated rings. The number of ether oxygens (including phenoxy) is 4. The topological polar surface area (TPSA) is 71.1 Å². The Hall–Kier alpha value is -3.28. The van der Waals surface area contributed by atoms with E-state index in [-0.39, 0.29) is 11.9 Å². The number of unbranched alkanes of at least 4 members (excludes halogenated alkanes) is 6. The zero-order valence-corrected chi connectivity index (χ0v) is 28.3. The molecular formula is C38H54O6. The van der Waals surface area contributed by atoms with E-state index in [1.54, 1.807) is 0 Å². The Morgan fingerprint density at radius 3 is 1.14 bits per heavy atom. The van der Waals surface area contributed by atoms with Gasteiger partial charge in [0.15, 0.2) is 12.2 Å². The van der Waals surface area contributed by atoms with Gasteiger partial charge in [-0.05, 0) is 67.2 Å². The fraction of sp³-hybridized carbons (Fsp3) is 0.579. The maximum atomic E-state index is 13.4. The number of carbonyl (C=O) groups is 2. The number of esters is 2. The molecule has 0 radical (unpaired) electrons. The predicted octanol–water partition coefficient (Wildman–Crippen LogP) is 10.1. The van der Waals surface area contributed by atoms with Crippen molar-refractivity contribution in [1.82, 2.24) is 0 Å². The standard InChI is InChI=1S/C38H54O6/c1-9-11-13-15-25-31(35(39)43-37(3,4)5)41-33-27-21-17-19-23-29(27)34(30-24-20-18-22-28(30)33)42-32(26-16-14-12-10-2)36(40)44-38(6,7)8/h17-24,31-32H,9-16,25-26H2,1-8H3. The van der Waals surface area contributed by atoms with E-state index in [0.717, 1.165) is 72.9 Å². The van der Waals surface area contributed by atoms with Gasteiger partial charge in [0, 0.05) is 21.5 Å². The predicted molar refractivity (Wildman–Crippen MR) is 179 cm³/mol. The molecule has 3 rings (SSSR count). The molecule has 0 spiro atoms. The summed E-state index contributed by atoms with van der Waals surface area (Å²) >= 11 is 0. The van der Waals surface area contributed by atoms with E-state index in [1.165, 1.54) is 0 Å². The van der Waals surface area contributed by atoms with E-state index in [1.807, 2.05) is 90.1 Å². The van der Waals surface area contributed by atoms with Crippen LogP contribution in [0, 0.1) is 0 Å². The van der Waals surface area contributed by atoms with Crippen molar-refractivity contribution in [2.24, 2.45) is 0 Å². The highest BCUT2D eigenvalue weighted by Gasteiger charge is 2.31. The van der Waals surface area contributed by atoms with Gasteiger partial charge >= 0.3 is 11.9 Å². The first-order valence-corrected chi connectivity index (χ1v) is 16.6. The van der Waals surface area contributed by atoms with E-state index in [9.17, 15) is 9.59 Å². The molecule has 2 unspecified atom stereocenters. The van der Waals surface area contributed by atoms with E-state index in [0.29, 0.717) is 24.3 Å². The van der Waals surface area contributed by atoms with Crippen molar-refractivity contribution in [2.75, 3.05) is 0 Å². The van der Waals surface area contributed by atoms with Crippen molar-refractivity contribution in [3.63, 3.8) is 0 Å². The lowest BCUT2D eigenvalue weighted by Gasteiger charge is -2.27. The van der Waals surface area contributed by atoms with Gasteiger partial charge in [-0.2, -0.15) is 0 Å². The molecular weight excluding hydrogens is 552 g/mol. The average molecular weight is 607 g/mol. The van der Waals surface area contributed by atoms with Gasteiger partial charge in [-0.1, -0.05) is 101 Å². The van der Waals surface area contributed by atoms with Crippen molar-refractivity contribution < 1.29 is 28.5 Å². The normalized spacial score (nSPS) is 13.5. The van der Waals surface area contributed by atoms with Gasteiger partial charge in [0.1, 0.15) is 22.7 Å². The van der Waals surface area contributed by atoms with Gasteiger partial charge in [0.2, 0.25) is 0 Å². The molecule has 0 amide bonds. The monoisotopic (exact) mass is 606 g/mol. The van der Waals surface area contributed by atoms with Crippen LogP contribution in [0.5, 0.6) is 11.5 Å². The molecule has 0 bridgehead atoms. The number of carbonyl (C=O) groups excluding carboxylic acids is 2. The zero-order valence-electron chi connectivity index (χ0n) is 28.3. The van der Waals surface area contributed by atoms with Crippen LogP contribution in [0.1, 0.15) is 120 Å². The Labute approximate surface area is 264 Å². The lowest BCUT2D eigenvalue weighted by molar-refractivity contribution is -0.164. The molecule has 0 aliphatic carbocycles. The van der Waals surface area contributed by atoms with Crippen LogP contribution in [0.3, 0.4) is 0 Å². The highest BCUT2D eigenvalue weighted by molar-refractivity contribution is 6.11. The Morgan fingerprint density at radius 1 is 0.545 bits per heavy atom. The van der Waals surface area contributed by atoms with Crippen molar-refractivity contribution >= 4 is 33.5 Å². The minimum Gasteiger partial charge on any atom is -0.477 e. The van der Waals surface area contributed by atoms with Crippen LogP contribution in [0.15, 0.2) is 48.5 Å². The van der Waals surface area contributed by atoms with Crippen LogP contribution < -0.4 is 9.47 Å². The van der Waals surface area contributed by atoms with Gasteiger partial charge in [0.25, 0.3) is 0 Å². The molecule has 0 saturated carbocycles. The summed E-state index contributed by atoms with van der Waals surface area (Å²) in [6.07, 6.45) is 7.84. The summed E-state index contributed by atoms with van der Waals surface area (Å²) in [5.74, 6) is 0.512. The summed E-state index contributed by atoms with van der Waals surface area (Å²) in [6.45, 7) is 15.6. The lowest BCUT2D eigenvalue weighted by Crippen LogP contribution is -2.36. The number of benzene rings is 3. The SMILES string of the molecule is CCCCCCC(Oc1c2ccccc2c(OC(CCCCCC)C(=O)OC(C)(C)C)c2ccccc12)C(=O)OC(C)(C)C. The Bertz CT molecular complexity index is 1200. The molecule has 2 atom stereocenters. The zero-order chi connectivity index (χ0) is 32.3. The molecule has 6 heteroatoms. The second-order valence-corrected chi connectivity index (χ2v) is 13.7. The van der Waals surface area contributed by atoms with Gasteiger partial charge < -0.3 is 18.9 Å². The summed E-state index contributed by atoms with van der Waals surface area (Å²) in [6, 6.07) is 15.7. The van der Waals surface area contributed by atoms with Crippen LogP contribution >= 0.6 is 0 Å². The maximum absolute atomic E-state index is 13.4. The molecule has 6 nitrogen and oxygen atoms in total. The third-order valence-corrected chi connectivity index (χ3v) is 7.33. The summed E-state index contributed by atoms with van der Waals surface area (Å²) in [5.41, 5.74) is -1.25. The van der Waals surface area contributed by atoms with E-state index in [4.69, 9.17) is 18.9 Å². The van der Waals surface area contributed by atoms with E-state index < -0.39 is 23.4 Å². The molecule has 242 valence electrons. The van der Waals surface area contributed by atoms with Gasteiger partial charge in [-0.25, -0.2) is 9.59 Å². The third-order valence-electron chi connectivity index (χ3n) is 7.33. The summed E-state index contributed by atoms with van der Waals surface area (Å²) in [7, 11) is 0. The number of fused-ring (bicyclic) bond motifs is 2. The van der Waals surface area contributed by atoms with Crippen LogP contribution in [0.25, 0.3) is 21.5 Å². The largest absolute Gasteiger partial charge is 0.477 e. The first kappa shape index (κ1) is 35.2. The van der Waals surface area contributed by atoms with E-state index in [2.05, 4.69) is 13.8 Å². The Kier molecular flexibility index (Phi) is 12.9. The smallest absolute Gasteiger partial charge is 0.347 e. The van der Waals surface area contributed by atoms with Crippen molar-refractivity contribution in [1.29, 1.82) is 0 Å². The fourth-order valence-corrected chi connectivity index (χ4v) is 5.28. The first-order chi connectivity index (χ1) is 20.8. The number of rotatable bonds is 16. The van der Waals surface area contributed by atoms with Crippen LogP contribution in [0.2, 0.25) is 0 Å². The number of hydrogen-bond acceptors (Lipinski definition) is 6. The lowest BCUT2D eigenvalue weighted by atomic mass is 9.99. The van der Waals surface area contributed by atoms with Crippen LogP contribution in [0.4, 0.5) is 0 Å². The first-order valence-electron chi connectivity index (χ1n) is 16.6. The van der Waals surface area contributed by atoms with Crippen LogP contribution in [-0.4, -0.2) is 35.3 Å². The Balaban J connectivity index is 2.10. The van der Waals surface area contributed by atoms with E-state index >= 15 is 0 Å². The minimum absolute atomic E-state index is 0.362. The highest BCUT2D eigenvalue weighted by Crippen LogP contribution is 2.44. The summed E-state index contributed by atoms with van der Waals surface area (Å²) < 4.78 is 25.0. The van der Waals surface area contributed by atoms with Gasteiger partial charge in [0.05, 0.1) is 0 Å². The second-order valence-electron chi connectivity index (χ2n) is 13.7. The molecule has 3 aromatic carbocycles. The van der Waals surface area contributed by atoms with Crippen molar-refractivity contribution in [3.8, 4) is 11.5 Å². The minimum atomic E-state index is -0.752. The molecule has 0 N–H and O–H groups in total. The van der Waals surface area contributed by atoms with Gasteiger partial charge in [-0.3, -0.25) is 0 Å².